The molecule has 0 spiro atoms. The first-order chi connectivity index (χ1) is 13.6. The fourth-order valence-corrected chi connectivity index (χ4v) is 3.44. The van der Waals surface area contributed by atoms with Crippen LogP contribution in [-0.2, 0) is 4.74 Å². The van der Waals surface area contributed by atoms with Crippen LogP contribution in [0.5, 0.6) is 0 Å². The molecular weight excluding hydrogens is 372 g/mol. The van der Waals surface area contributed by atoms with Gasteiger partial charge in [-0.2, -0.15) is 0 Å². The molecule has 154 valence electrons. The highest BCUT2D eigenvalue weighted by atomic mass is 19.3. The summed E-state index contributed by atoms with van der Waals surface area (Å²) < 4.78 is 32.6. The third kappa shape index (κ3) is 4.14. The number of alkyl halides is 2. The lowest BCUT2D eigenvalue weighted by Crippen LogP contribution is -2.56. The van der Waals surface area contributed by atoms with E-state index >= 15 is 0 Å². The van der Waals surface area contributed by atoms with E-state index in [1.165, 1.54) is 6.21 Å². The van der Waals surface area contributed by atoms with Crippen molar-refractivity contribution >= 4 is 18.0 Å². The molecule has 4 aliphatic heterocycles. The van der Waals surface area contributed by atoms with Crippen LogP contribution in [-0.4, -0.2) is 99.3 Å². The van der Waals surface area contributed by atoms with E-state index < -0.39 is 19.0 Å². The van der Waals surface area contributed by atoms with Gasteiger partial charge < -0.3 is 25.6 Å². The zero-order chi connectivity index (χ0) is 19.5. The monoisotopic (exact) mass is 397 g/mol. The Morgan fingerprint density at radius 2 is 1.89 bits per heavy atom. The van der Waals surface area contributed by atoms with E-state index in [0.29, 0.717) is 38.1 Å². The number of morpholine rings is 1. The predicted octanol–water partition coefficient (Wildman–Crippen LogP) is -1.70. The summed E-state index contributed by atoms with van der Waals surface area (Å²) in [6.45, 7) is 5.75. The lowest BCUT2D eigenvalue weighted by molar-refractivity contribution is 0.0194. The Morgan fingerprint density at radius 3 is 2.61 bits per heavy atom. The minimum atomic E-state index is -2.72. The molecule has 10 nitrogen and oxygen atoms in total. The topological polar surface area (TPSA) is 115 Å². The van der Waals surface area contributed by atoms with E-state index in [4.69, 9.17) is 15.5 Å². The summed E-state index contributed by atoms with van der Waals surface area (Å²) in [4.78, 5) is 17.6. The van der Waals surface area contributed by atoms with Crippen molar-refractivity contribution in [2.75, 3.05) is 52.5 Å². The Bertz CT molecular complexity index is 696. The molecule has 2 fully saturated rings. The smallest absolute Gasteiger partial charge is 0.278 e. The molecule has 0 aromatic carbocycles. The van der Waals surface area contributed by atoms with Gasteiger partial charge in [0.2, 0.25) is 12.2 Å². The zero-order valence-corrected chi connectivity index (χ0v) is 15.4. The number of nitrogens with two attached hydrogens (primary N) is 1. The summed E-state index contributed by atoms with van der Waals surface area (Å²) in [5.41, 5.74) is 5.57. The van der Waals surface area contributed by atoms with Crippen molar-refractivity contribution in [1.29, 1.82) is 0 Å². The number of guanidine groups is 1. The number of rotatable bonds is 3. The quantitative estimate of drug-likeness (QED) is 0.449. The first-order valence-electron chi connectivity index (χ1n) is 9.40. The second-order valence-corrected chi connectivity index (χ2v) is 6.78. The van der Waals surface area contributed by atoms with Crippen molar-refractivity contribution in [3.8, 4) is 0 Å². The number of piperazine rings is 1. The number of allylic oxidation sites excluding steroid dienone is 1. The maximum Gasteiger partial charge on any atom is 0.278 e. The number of amidine groups is 1. The summed E-state index contributed by atoms with van der Waals surface area (Å²) in [5.74, 6) is 0.950. The van der Waals surface area contributed by atoms with Crippen molar-refractivity contribution in [2.24, 2.45) is 20.7 Å². The molecule has 0 aromatic rings. The highest BCUT2D eigenvalue weighted by Crippen LogP contribution is 2.19. The molecule has 4 heterocycles. The van der Waals surface area contributed by atoms with Gasteiger partial charge >= 0.3 is 0 Å². The van der Waals surface area contributed by atoms with Gasteiger partial charge in [-0.3, -0.25) is 15.6 Å². The van der Waals surface area contributed by atoms with Gasteiger partial charge in [-0.25, -0.2) is 18.8 Å². The molecule has 0 radical (unpaired) electrons. The van der Waals surface area contributed by atoms with Crippen molar-refractivity contribution in [3.63, 3.8) is 0 Å². The number of halogens is 2. The van der Waals surface area contributed by atoms with Gasteiger partial charge in [0.25, 0.3) is 6.43 Å². The Kier molecular flexibility index (Phi) is 5.80. The van der Waals surface area contributed by atoms with Gasteiger partial charge in [-0.05, 0) is 0 Å². The molecule has 4 rings (SSSR count). The van der Waals surface area contributed by atoms with Crippen LogP contribution >= 0.6 is 0 Å². The number of nitrogens with zero attached hydrogens (tertiary/aromatic N) is 5. The van der Waals surface area contributed by atoms with Crippen molar-refractivity contribution in [1.82, 2.24) is 25.8 Å². The van der Waals surface area contributed by atoms with E-state index in [1.54, 1.807) is 0 Å². The third-order valence-electron chi connectivity index (χ3n) is 4.93. The SMILES string of the molecule is NC1N=CC(C2=NC(N3CCOCC3)N=C(N3CCNCC3)N2)=C(C(F)F)N1. The molecule has 2 atom stereocenters. The molecule has 0 bridgehead atoms. The van der Waals surface area contributed by atoms with E-state index in [-0.39, 0.29) is 11.3 Å². The van der Waals surface area contributed by atoms with Crippen LogP contribution in [0.3, 0.4) is 0 Å². The average Bonchev–Trinajstić information content (AvgIpc) is 2.74. The van der Waals surface area contributed by atoms with Crippen molar-refractivity contribution in [3.05, 3.63) is 11.3 Å². The van der Waals surface area contributed by atoms with Crippen LogP contribution in [0.4, 0.5) is 8.78 Å². The van der Waals surface area contributed by atoms with Gasteiger partial charge in [0, 0.05) is 45.5 Å². The lowest BCUT2D eigenvalue weighted by atomic mass is 10.1. The second-order valence-electron chi connectivity index (χ2n) is 6.78. The highest BCUT2D eigenvalue weighted by Gasteiger charge is 2.31. The second kappa shape index (κ2) is 8.47. The Labute approximate surface area is 161 Å². The van der Waals surface area contributed by atoms with Gasteiger partial charge in [-0.1, -0.05) is 0 Å². The Hall–Kier alpha value is -2.15. The number of hydrogen-bond donors (Lipinski definition) is 4. The van der Waals surface area contributed by atoms with E-state index in [0.717, 1.165) is 26.2 Å². The van der Waals surface area contributed by atoms with Crippen LogP contribution in [0.15, 0.2) is 26.2 Å². The van der Waals surface area contributed by atoms with Crippen LogP contribution in [0.25, 0.3) is 0 Å². The Morgan fingerprint density at radius 1 is 1.14 bits per heavy atom. The van der Waals surface area contributed by atoms with E-state index in [1.807, 2.05) is 0 Å². The maximum absolute atomic E-state index is 13.6. The average molecular weight is 397 g/mol. The lowest BCUT2D eigenvalue weighted by Gasteiger charge is -2.37. The van der Waals surface area contributed by atoms with Gasteiger partial charge in [-0.15, -0.1) is 0 Å². The van der Waals surface area contributed by atoms with Crippen molar-refractivity contribution < 1.29 is 13.5 Å². The zero-order valence-electron chi connectivity index (χ0n) is 15.4. The molecule has 0 amide bonds. The normalized spacial score (nSPS) is 29.4. The van der Waals surface area contributed by atoms with Crippen molar-refractivity contribution in [2.45, 2.75) is 19.0 Å². The molecule has 4 aliphatic rings. The van der Waals surface area contributed by atoms with Gasteiger partial charge in [0.1, 0.15) is 5.84 Å². The summed E-state index contributed by atoms with van der Waals surface area (Å²) in [6, 6.07) is 0. The first-order valence-corrected chi connectivity index (χ1v) is 9.40. The molecule has 0 aromatic heterocycles. The molecule has 2 unspecified atom stereocenters. The van der Waals surface area contributed by atoms with Crippen LogP contribution < -0.4 is 21.7 Å². The maximum atomic E-state index is 13.6. The molecule has 28 heavy (non-hydrogen) atoms. The predicted molar refractivity (Wildman–Crippen MR) is 101 cm³/mol. The van der Waals surface area contributed by atoms with Crippen LogP contribution in [0, 0.1) is 0 Å². The largest absolute Gasteiger partial charge is 0.379 e. The molecular formula is C16H25F2N9O. The molecule has 12 heteroatoms. The molecule has 0 saturated carbocycles. The van der Waals surface area contributed by atoms with Crippen LogP contribution in [0.1, 0.15) is 0 Å². The summed E-state index contributed by atoms with van der Waals surface area (Å²) in [5, 5.41) is 8.98. The molecule has 0 aliphatic carbocycles. The minimum Gasteiger partial charge on any atom is -0.379 e. The molecule has 2 saturated heterocycles. The number of nitrogens with one attached hydrogen (secondary N) is 3. The number of hydrogen-bond acceptors (Lipinski definition) is 10. The third-order valence-corrected chi connectivity index (χ3v) is 4.93. The summed E-state index contributed by atoms with van der Waals surface area (Å²) in [7, 11) is 0. The fourth-order valence-electron chi connectivity index (χ4n) is 3.44. The highest BCUT2D eigenvalue weighted by molar-refractivity contribution is 6.21. The van der Waals surface area contributed by atoms with Gasteiger partial charge in [0.05, 0.1) is 24.5 Å². The van der Waals surface area contributed by atoms with E-state index in [2.05, 4.69) is 35.7 Å². The molecule has 5 N–H and O–H groups in total. The number of ether oxygens (including phenoxy) is 1. The van der Waals surface area contributed by atoms with Crippen LogP contribution in [0.2, 0.25) is 0 Å². The summed E-state index contributed by atoms with van der Waals surface area (Å²) in [6.07, 6.45) is -2.76. The van der Waals surface area contributed by atoms with Gasteiger partial charge in [0.15, 0.2) is 6.29 Å². The van der Waals surface area contributed by atoms with E-state index in [9.17, 15) is 8.78 Å². The first kappa shape index (κ1) is 19.2. The number of aliphatic imine (C=N–C) groups is 3. The standard InChI is InChI=1S/C16H25F2N9O/c17-12(18)11-10(9-21-14(19)22-11)13-23-15(26-3-1-20-2-4-26)25-16(24-13)27-5-7-28-8-6-27/h9,12,14,16,20,22H,1-8,19H2,(H,23,24,25). The Balaban J connectivity index is 1.66. The minimum absolute atomic E-state index is 0.206. The summed E-state index contributed by atoms with van der Waals surface area (Å²) >= 11 is 0. The fraction of sp³-hybridized carbons (Fsp3) is 0.688.